The van der Waals surface area contributed by atoms with Gasteiger partial charge in [0, 0.05) is 45.0 Å². The van der Waals surface area contributed by atoms with Crippen molar-refractivity contribution in [3.8, 4) is 5.75 Å². The Balaban J connectivity index is 1.48. The van der Waals surface area contributed by atoms with Crippen LogP contribution in [0.15, 0.2) is 24.3 Å². The number of anilines is 1. The van der Waals surface area contributed by atoms with E-state index in [1.165, 1.54) is 5.69 Å². The minimum atomic E-state index is 0.125. The zero-order valence-electron chi connectivity index (χ0n) is 15.5. The van der Waals surface area contributed by atoms with Crippen molar-refractivity contribution < 1.29 is 14.3 Å². The van der Waals surface area contributed by atoms with E-state index in [0.29, 0.717) is 19.6 Å². The van der Waals surface area contributed by atoms with Gasteiger partial charge in [-0.1, -0.05) is 0 Å². The lowest BCUT2D eigenvalue weighted by molar-refractivity contribution is -0.144. The molecule has 0 aliphatic carbocycles. The Morgan fingerprint density at radius 2 is 1.68 bits per heavy atom. The molecule has 0 N–H and O–H groups in total. The van der Waals surface area contributed by atoms with E-state index >= 15 is 0 Å². The van der Waals surface area contributed by atoms with E-state index in [4.69, 9.17) is 9.47 Å². The van der Waals surface area contributed by atoms with Crippen LogP contribution < -0.4 is 9.64 Å². The van der Waals surface area contributed by atoms with E-state index in [0.717, 1.165) is 31.9 Å². The van der Waals surface area contributed by atoms with Crippen molar-refractivity contribution in [2.24, 2.45) is 0 Å². The number of morpholine rings is 1. The summed E-state index contributed by atoms with van der Waals surface area (Å²) < 4.78 is 10.9. The smallest absolute Gasteiger partial charge is 0.236 e. The minimum Gasteiger partial charge on any atom is -0.497 e. The van der Waals surface area contributed by atoms with Gasteiger partial charge < -0.3 is 19.3 Å². The summed E-state index contributed by atoms with van der Waals surface area (Å²) in [6.45, 7) is 9.68. The Hall–Kier alpha value is -1.79. The van der Waals surface area contributed by atoms with Crippen LogP contribution in [0, 0.1) is 0 Å². The third kappa shape index (κ3) is 4.64. The van der Waals surface area contributed by atoms with Crippen LogP contribution >= 0.6 is 0 Å². The molecule has 0 spiro atoms. The third-order valence-corrected chi connectivity index (χ3v) is 4.94. The number of nitrogens with zero attached hydrogens (tertiary/aromatic N) is 3. The van der Waals surface area contributed by atoms with Gasteiger partial charge in [-0.15, -0.1) is 0 Å². The maximum absolute atomic E-state index is 12.6. The molecule has 2 heterocycles. The highest BCUT2D eigenvalue weighted by Gasteiger charge is 2.27. The predicted octanol–water partition coefficient (Wildman–Crippen LogP) is 1.45. The summed E-state index contributed by atoms with van der Waals surface area (Å²) in [6, 6.07) is 8.17. The second-order valence-electron chi connectivity index (χ2n) is 7.02. The van der Waals surface area contributed by atoms with Crippen LogP contribution in [0.4, 0.5) is 5.69 Å². The number of carbonyl (C=O) groups excluding carboxylic acids is 1. The van der Waals surface area contributed by atoms with Crippen molar-refractivity contribution in [1.29, 1.82) is 0 Å². The van der Waals surface area contributed by atoms with Crippen molar-refractivity contribution in [1.82, 2.24) is 9.80 Å². The number of hydrogen-bond donors (Lipinski definition) is 0. The second kappa shape index (κ2) is 8.06. The first-order valence-electron chi connectivity index (χ1n) is 9.09. The summed E-state index contributed by atoms with van der Waals surface area (Å²) >= 11 is 0. The van der Waals surface area contributed by atoms with Crippen molar-refractivity contribution in [2.45, 2.75) is 26.1 Å². The van der Waals surface area contributed by atoms with Crippen LogP contribution in [0.3, 0.4) is 0 Å². The molecule has 2 fully saturated rings. The summed E-state index contributed by atoms with van der Waals surface area (Å²) in [6.07, 6.45) is 0.249. The Kier molecular flexibility index (Phi) is 5.81. The first-order chi connectivity index (χ1) is 12.0. The predicted molar refractivity (Wildman–Crippen MR) is 98.2 cm³/mol. The highest BCUT2D eigenvalue weighted by molar-refractivity contribution is 5.78. The van der Waals surface area contributed by atoms with Crippen molar-refractivity contribution in [3.63, 3.8) is 0 Å². The number of carbonyl (C=O) groups is 1. The van der Waals surface area contributed by atoms with E-state index in [1.54, 1.807) is 7.11 Å². The number of hydrogen-bond acceptors (Lipinski definition) is 5. The largest absolute Gasteiger partial charge is 0.497 e. The SMILES string of the molecule is COc1ccc(N2CCN(CC(=O)N3C[C@H](C)O[C@@H](C)C3)CC2)cc1. The van der Waals surface area contributed by atoms with Crippen LogP contribution in [0.5, 0.6) is 5.75 Å². The molecular formula is C19H29N3O3. The molecule has 0 bridgehead atoms. The Morgan fingerprint density at radius 3 is 2.24 bits per heavy atom. The fraction of sp³-hybridized carbons (Fsp3) is 0.632. The van der Waals surface area contributed by atoms with Crippen LogP contribution in [0.1, 0.15) is 13.8 Å². The van der Waals surface area contributed by atoms with E-state index in [9.17, 15) is 4.79 Å². The average Bonchev–Trinajstić information content (AvgIpc) is 2.61. The highest BCUT2D eigenvalue weighted by Crippen LogP contribution is 2.20. The Labute approximate surface area is 150 Å². The monoisotopic (exact) mass is 347 g/mol. The molecule has 0 saturated carbocycles. The van der Waals surface area contributed by atoms with Crippen molar-refractivity contribution in [2.75, 3.05) is 57.8 Å². The molecule has 0 unspecified atom stereocenters. The molecule has 138 valence electrons. The molecule has 2 aliphatic heterocycles. The molecular weight excluding hydrogens is 318 g/mol. The Bertz CT molecular complexity index is 560. The standard InChI is InChI=1S/C19H29N3O3/c1-15-12-22(13-16(2)25-15)19(23)14-20-8-10-21(11-9-20)17-4-6-18(24-3)7-5-17/h4-7,15-16H,8-14H2,1-3H3/t15-,16-/m0/s1. The zero-order valence-corrected chi connectivity index (χ0v) is 15.5. The van der Waals surface area contributed by atoms with Gasteiger partial charge in [-0.25, -0.2) is 0 Å². The number of ether oxygens (including phenoxy) is 2. The molecule has 2 aliphatic rings. The van der Waals surface area contributed by atoms with Gasteiger partial charge in [0.2, 0.25) is 5.91 Å². The Morgan fingerprint density at radius 1 is 1.08 bits per heavy atom. The van der Waals surface area contributed by atoms with Gasteiger partial charge in [-0.3, -0.25) is 9.69 Å². The average molecular weight is 347 g/mol. The van der Waals surface area contributed by atoms with Crippen LogP contribution in [0.2, 0.25) is 0 Å². The number of benzene rings is 1. The highest BCUT2D eigenvalue weighted by atomic mass is 16.5. The van der Waals surface area contributed by atoms with E-state index in [-0.39, 0.29) is 18.1 Å². The van der Waals surface area contributed by atoms with Crippen LogP contribution in [-0.4, -0.2) is 80.8 Å². The fourth-order valence-electron chi connectivity index (χ4n) is 3.63. The molecule has 0 aromatic heterocycles. The minimum absolute atomic E-state index is 0.125. The lowest BCUT2D eigenvalue weighted by Gasteiger charge is -2.39. The van der Waals surface area contributed by atoms with Gasteiger partial charge in [0.1, 0.15) is 5.75 Å². The van der Waals surface area contributed by atoms with Gasteiger partial charge in [0.15, 0.2) is 0 Å². The molecule has 1 aromatic carbocycles. The second-order valence-corrected chi connectivity index (χ2v) is 7.02. The number of piperazine rings is 1. The molecule has 6 nitrogen and oxygen atoms in total. The molecule has 2 atom stereocenters. The summed E-state index contributed by atoms with van der Waals surface area (Å²) in [5.41, 5.74) is 1.21. The summed E-state index contributed by atoms with van der Waals surface area (Å²) in [5, 5.41) is 0. The first kappa shape index (κ1) is 18.0. The molecule has 6 heteroatoms. The quantitative estimate of drug-likeness (QED) is 0.825. The van der Waals surface area contributed by atoms with Gasteiger partial charge in [0.25, 0.3) is 0 Å². The van der Waals surface area contributed by atoms with E-state index in [1.807, 2.05) is 30.9 Å². The molecule has 1 amide bonds. The molecule has 2 saturated heterocycles. The van der Waals surface area contributed by atoms with Crippen LogP contribution in [-0.2, 0) is 9.53 Å². The van der Waals surface area contributed by atoms with Gasteiger partial charge in [-0.2, -0.15) is 0 Å². The lowest BCUT2D eigenvalue weighted by Crippen LogP contribution is -2.53. The van der Waals surface area contributed by atoms with Crippen molar-refractivity contribution in [3.05, 3.63) is 24.3 Å². The van der Waals surface area contributed by atoms with Gasteiger partial charge in [0.05, 0.1) is 25.9 Å². The fourth-order valence-corrected chi connectivity index (χ4v) is 3.63. The number of methoxy groups -OCH3 is 1. The van der Waals surface area contributed by atoms with E-state index in [2.05, 4.69) is 21.9 Å². The third-order valence-electron chi connectivity index (χ3n) is 4.94. The molecule has 0 radical (unpaired) electrons. The van der Waals surface area contributed by atoms with Gasteiger partial charge >= 0.3 is 0 Å². The maximum atomic E-state index is 12.6. The van der Waals surface area contributed by atoms with Gasteiger partial charge in [-0.05, 0) is 38.1 Å². The number of rotatable bonds is 4. The van der Waals surface area contributed by atoms with E-state index < -0.39 is 0 Å². The summed E-state index contributed by atoms with van der Waals surface area (Å²) in [5.74, 6) is 1.10. The summed E-state index contributed by atoms with van der Waals surface area (Å²) in [7, 11) is 1.68. The lowest BCUT2D eigenvalue weighted by atomic mass is 10.2. The molecule has 3 rings (SSSR count). The first-order valence-corrected chi connectivity index (χ1v) is 9.09. The number of amides is 1. The molecule has 1 aromatic rings. The van der Waals surface area contributed by atoms with Crippen LogP contribution in [0.25, 0.3) is 0 Å². The topological polar surface area (TPSA) is 45.2 Å². The zero-order chi connectivity index (χ0) is 17.8. The normalized spacial score (nSPS) is 25.1. The maximum Gasteiger partial charge on any atom is 0.236 e. The van der Waals surface area contributed by atoms with Crippen molar-refractivity contribution >= 4 is 11.6 Å². The summed E-state index contributed by atoms with van der Waals surface area (Å²) in [4.78, 5) is 19.2. The molecule has 25 heavy (non-hydrogen) atoms.